The Balaban J connectivity index is 3.00. The van der Waals surface area contributed by atoms with Crippen LogP contribution in [0.5, 0.6) is 5.75 Å². The Morgan fingerprint density at radius 3 is 2.33 bits per heavy atom. The molecule has 2 heteroatoms. The number of nitriles is 1. The van der Waals surface area contributed by atoms with Crippen LogP contribution in [0.15, 0.2) is 30.3 Å². The van der Waals surface area contributed by atoms with Crippen molar-refractivity contribution in [2.75, 3.05) is 7.11 Å². The Kier molecular flexibility index (Phi) is 3.93. The van der Waals surface area contributed by atoms with Crippen LogP contribution in [-0.4, -0.2) is 7.11 Å². The zero-order chi connectivity index (χ0) is 11.3. The molecule has 2 nitrogen and oxygen atoms in total. The Labute approximate surface area is 90.8 Å². The standard InChI is InChI=1S/C13H15NO/c1-10(2)8-12(9-14)11-4-6-13(15-3)7-5-11/h4-8,10H,1-3H3/b12-8+. The number of hydrogen-bond acceptors (Lipinski definition) is 2. The summed E-state index contributed by atoms with van der Waals surface area (Å²) in [7, 11) is 1.63. The van der Waals surface area contributed by atoms with Crippen molar-refractivity contribution in [3.05, 3.63) is 35.9 Å². The van der Waals surface area contributed by atoms with Gasteiger partial charge in [-0.1, -0.05) is 19.9 Å². The number of nitrogens with zero attached hydrogens (tertiary/aromatic N) is 1. The molecule has 1 aromatic rings. The fourth-order valence-electron chi connectivity index (χ4n) is 1.30. The number of benzene rings is 1. The fourth-order valence-corrected chi connectivity index (χ4v) is 1.30. The fraction of sp³-hybridized carbons (Fsp3) is 0.308. The molecule has 0 atom stereocenters. The first kappa shape index (κ1) is 11.3. The molecule has 0 saturated heterocycles. The van der Waals surface area contributed by atoms with Crippen LogP contribution in [-0.2, 0) is 0 Å². The van der Waals surface area contributed by atoms with Gasteiger partial charge in [0.1, 0.15) is 5.75 Å². The third-order valence-corrected chi connectivity index (χ3v) is 2.02. The third-order valence-electron chi connectivity index (χ3n) is 2.02. The van der Waals surface area contributed by atoms with Crippen molar-refractivity contribution in [3.63, 3.8) is 0 Å². The third kappa shape index (κ3) is 3.14. The van der Waals surface area contributed by atoms with Crippen molar-refractivity contribution in [1.29, 1.82) is 5.26 Å². The summed E-state index contributed by atoms with van der Waals surface area (Å²) in [5.74, 6) is 1.18. The molecule has 0 heterocycles. The summed E-state index contributed by atoms with van der Waals surface area (Å²) in [6.45, 7) is 4.11. The van der Waals surface area contributed by atoms with Gasteiger partial charge in [0.25, 0.3) is 0 Å². The van der Waals surface area contributed by atoms with E-state index >= 15 is 0 Å². The van der Waals surface area contributed by atoms with Crippen LogP contribution < -0.4 is 4.74 Å². The van der Waals surface area contributed by atoms with Crippen LogP contribution in [0.4, 0.5) is 0 Å². The van der Waals surface area contributed by atoms with Gasteiger partial charge < -0.3 is 4.74 Å². The monoisotopic (exact) mass is 201 g/mol. The zero-order valence-electron chi connectivity index (χ0n) is 9.32. The molecule has 15 heavy (non-hydrogen) atoms. The first-order chi connectivity index (χ1) is 7.17. The van der Waals surface area contributed by atoms with Gasteiger partial charge in [0.15, 0.2) is 0 Å². The molecule has 0 spiro atoms. The molecule has 1 rings (SSSR count). The second kappa shape index (κ2) is 5.21. The molecule has 0 aliphatic rings. The average Bonchev–Trinajstić information content (AvgIpc) is 2.26. The van der Waals surface area contributed by atoms with E-state index in [4.69, 9.17) is 10.00 Å². The molecule has 78 valence electrons. The first-order valence-electron chi connectivity index (χ1n) is 4.93. The maximum absolute atomic E-state index is 9.01. The van der Waals surface area contributed by atoms with Gasteiger partial charge in [0.2, 0.25) is 0 Å². The minimum atomic E-state index is 0.377. The lowest BCUT2D eigenvalue weighted by Crippen LogP contribution is -1.87. The highest BCUT2D eigenvalue weighted by molar-refractivity contribution is 5.76. The Morgan fingerprint density at radius 2 is 1.93 bits per heavy atom. The van der Waals surface area contributed by atoms with Crippen molar-refractivity contribution >= 4 is 5.57 Å². The van der Waals surface area contributed by atoms with Gasteiger partial charge in [0.05, 0.1) is 18.8 Å². The van der Waals surface area contributed by atoms with Gasteiger partial charge in [-0.2, -0.15) is 5.26 Å². The van der Waals surface area contributed by atoms with E-state index in [1.165, 1.54) is 0 Å². The lowest BCUT2D eigenvalue weighted by atomic mass is 10.0. The Morgan fingerprint density at radius 1 is 1.33 bits per heavy atom. The van der Waals surface area contributed by atoms with Crippen LogP contribution in [0.1, 0.15) is 19.4 Å². The predicted molar refractivity (Wildman–Crippen MR) is 61.4 cm³/mol. The summed E-state index contributed by atoms with van der Waals surface area (Å²) >= 11 is 0. The van der Waals surface area contributed by atoms with Gasteiger partial charge in [-0.3, -0.25) is 0 Å². The minimum Gasteiger partial charge on any atom is -0.497 e. The van der Waals surface area contributed by atoms with Gasteiger partial charge in [-0.15, -0.1) is 0 Å². The number of allylic oxidation sites excluding steroid dienone is 2. The Hall–Kier alpha value is -1.75. The topological polar surface area (TPSA) is 33.0 Å². The molecular formula is C13H15NO. The van der Waals surface area contributed by atoms with E-state index in [1.807, 2.05) is 30.3 Å². The summed E-state index contributed by atoms with van der Waals surface area (Å²) in [6, 6.07) is 9.73. The smallest absolute Gasteiger partial charge is 0.118 e. The second-order valence-electron chi connectivity index (χ2n) is 3.66. The SMILES string of the molecule is COc1ccc(/C(C#N)=C/C(C)C)cc1. The van der Waals surface area contributed by atoms with Crippen molar-refractivity contribution in [3.8, 4) is 11.8 Å². The quantitative estimate of drug-likeness (QED) is 0.703. The van der Waals surface area contributed by atoms with Gasteiger partial charge >= 0.3 is 0 Å². The van der Waals surface area contributed by atoms with Crippen LogP contribution in [0.25, 0.3) is 5.57 Å². The minimum absolute atomic E-state index is 0.377. The molecule has 0 saturated carbocycles. The molecule has 0 N–H and O–H groups in total. The van der Waals surface area contributed by atoms with Crippen LogP contribution in [0, 0.1) is 17.2 Å². The molecule has 0 aromatic heterocycles. The molecule has 1 aromatic carbocycles. The lowest BCUT2D eigenvalue weighted by molar-refractivity contribution is 0.415. The van der Waals surface area contributed by atoms with E-state index in [0.717, 1.165) is 11.3 Å². The number of ether oxygens (including phenoxy) is 1. The molecular weight excluding hydrogens is 186 g/mol. The van der Waals surface area contributed by atoms with Gasteiger partial charge in [-0.05, 0) is 35.7 Å². The summed E-state index contributed by atoms with van der Waals surface area (Å²) in [5.41, 5.74) is 1.65. The predicted octanol–water partition coefficient (Wildman–Crippen LogP) is 3.26. The molecule has 0 unspecified atom stereocenters. The molecule has 0 aliphatic carbocycles. The van der Waals surface area contributed by atoms with Crippen molar-refractivity contribution in [2.24, 2.45) is 5.92 Å². The van der Waals surface area contributed by atoms with Gasteiger partial charge in [0, 0.05) is 0 Å². The van der Waals surface area contributed by atoms with Crippen LogP contribution in [0.3, 0.4) is 0 Å². The molecule has 0 radical (unpaired) electrons. The summed E-state index contributed by atoms with van der Waals surface area (Å²) < 4.78 is 5.06. The first-order valence-corrected chi connectivity index (χ1v) is 4.93. The van der Waals surface area contributed by atoms with Crippen molar-refractivity contribution < 1.29 is 4.74 Å². The summed E-state index contributed by atoms with van der Waals surface area (Å²) in [5, 5.41) is 9.01. The van der Waals surface area contributed by atoms with E-state index < -0.39 is 0 Å². The molecule has 0 fully saturated rings. The summed E-state index contributed by atoms with van der Waals surface area (Å²) in [4.78, 5) is 0. The van der Waals surface area contributed by atoms with Crippen molar-refractivity contribution in [2.45, 2.75) is 13.8 Å². The van der Waals surface area contributed by atoms with E-state index in [1.54, 1.807) is 7.11 Å². The summed E-state index contributed by atoms with van der Waals surface area (Å²) in [6.07, 6.45) is 1.96. The number of methoxy groups -OCH3 is 1. The van der Waals surface area contributed by atoms with Crippen LogP contribution >= 0.6 is 0 Å². The second-order valence-corrected chi connectivity index (χ2v) is 3.66. The number of hydrogen-bond donors (Lipinski definition) is 0. The Bertz CT molecular complexity index is 382. The molecule has 0 amide bonds. The maximum atomic E-state index is 9.01. The highest BCUT2D eigenvalue weighted by Gasteiger charge is 2.01. The van der Waals surface area contributed by atoms with Gasteiger partial charge in [-0.25, -0.2) is 0 Å². The van der Waals surface area contributed by atoms with E-state index in [2.05, 4.69) is 19.9 Å². The van der Waals surface area contributed by atoms with E-state index in [-0.39, 0.29) is 0 Å². The van der Waals surface area contributed by atoms with Crippen molar-refractivity contribution in [1.82, 2.24) is 0 Å². The van der Waals surface area contributed by atoms with E-state index in [0.29, 0.717) is 11.5 Å². The highest BCUT2D eigenvalue weighted by atomic mass is 16.5. The normalized spacial score (nSPS) is 11.3. The number of rotatable bonds is 3. The lowest BCUT2D eigenvalue weighted by Gasteiger charge is -2.03. The largest absolute Gasteiger partial charge is 0.497 e. The van der Waals surface area contributed by atoms with E-state index in [9.17, 15) is 0 Å². The van der Waals surface area contributed by atoms with Crippen LogP contribution in [0.2, 0.25) is 0 Å². The average molecular weight is 201 g/mol. The highest BCUT2D eigenvalue weighted by Crippen LogP contribution is 2.19. The maximum Gasteiger partial charge on any atom is 0.118 e. The zero-order valence-corrected chi connectivity index (χ0v) is 9.32. The molecule has 0 bridgehead atoms. The molecule has 0 aliphatic heterocycles.